The van der Waals surface area contributed by atoms with E-state index in [1.165, 1.54) is 11.8 Å². The standard InChI is InChI=1S/C15H16ClN3O2S/c1-2-19-8-13(7-17-19)18-15(21)10-22-9-14(20)11-3-5-12(16)6-4-11/h3-8H,2,9-10H2,1H3,(H,18,21). The van der Waals surface area contributed by atoms with Gasteiger partial charge in [-0.25, -0.2) is 0 Å². The molecule has 5 nitrogen and oxygen atoms in total. The fourth-order valence-electron chi connectivity index (χ4n) is 1.75. The zero-order valence-electron chi connectivity index (χ0n) is 12.1. The highest BCUT2D eigenvalue weighted by Crippen LogP contribution is 2.13. The van der Waals surface area contributed by atoms with Crippen LogP contribution in [0.3, 0.4) is 0 Å². The number of ketones is 1. The highest BCUT2D eigenvalue weighted by atomic mass is 35.5. The Labute approximate surface area is 138 Å². The topological polar surface area (TPSA) is 64.0 Å². The number of carbonyl (C=O) groups excluding carboxylic acids is 2. The largest absolute Gasteiger partial charge is 0.323 e. The molecule has 0 bridgehead atoms. The first-order valence-corrected chi connectivity index (χ1v) is 8.30. The number of rotatable bonds is 7. The molecule has 0 radical (unpaired) electrons. The highest BCUT2D eigenvalue weighted by molar-refractivity contribution is 8.00. The van der Waals surface area contributed by atoms with Gasteiger partial charge >= 0.3 is 0 Å². The molecular weight excluding hydrogens is 322 g/mol. The minimum Gasteiger partial charge on any atom is -0.323 e. The third-order valence-corrected chi connectivity index (χ3v) is 4.06. The molecule has 2 aromatic rings. The molecular formula is C15H16ClN3O2S. The van der Waals surface area contributed by atoms with E-state index in [0.717, 1.165) is 6.54 Å². The van der Waals surface area contributed by atoms with Crippen molar-refractivity contribution in [3.05, 3.63) is 47.2 Å². The fraction of sp³-hybridized carbons (Fsp3) is 0.267. The smallest absolute Gasteiger partial charge is 0.234 e. The number of thioether (sulfide) groups is 1. The van der Waals surface area contributed by atoms with Crippen molar-refractivity contribution in [2.45, 2.75) is 13.5 Å². The zero-order chi connectivity index (χ0) is 15.9. The monoisotopic (exact) mass is 337 g/mol. The maximum Gasteiger partial charge on any atom is 0.234 e. The first-order valence-electron chi connectivity index (χ1n) is 6.77. The summed E-state index contributed by atoms with van der Waals surface area (Å²) in [4.78, 5) is 23.7. The molecule has 1 N–H and O–H groups in total. The maximum absolute atomic E-state index is 11.9. The van der Waals surface area contributed by atoms with E-state index in [0.29, 0.717) is 16.3 Å². The predicted octanol–water partition coefficient (Wildman–Crippen LogP) is 3.11. The molecule has 0 aliphatic heterocycles. The molecule has 2 rings (SSSR count). The van der Waals surface area contributed by atoms with Crippen LogP contribution in [-0.4, -0.2) is 33.0 Å². The van der Waals surface area contributed by atoms with Gasteiger partial charge in [0.1, 0.15) is 0 Å². The lowest BCUT2D eigenvalue weighted by molar-refractivity contribution is -0.113. The number of carbonyl (C=O) groups is 2. The van der Waals surface area contributed by atoms with Gasteiger partial charge in [0.05, 0.1) is 23.4 Å². The summed E-state index contributed by atoms with van der Waals surface area (Å²) in [5.41, 5.74) is 1.26. The molecule has 1 amide bonds. The van der Waals surface area contributed by atoms with E-state index in [1.807, 2.05) is 6.92 Å². The van der Waals surface area contributed by atoms with Crippen LogP contribution in [0, 0.1) is 0 Å². The Morgan fingerprint density at radius 1 is 1.27 bits per heavy atom. The number of nitrogens with zero attached hydrogens (tertiary/aromatic N) is 2. The fourth-order valence-corrected chi connectivity index (χ4v) is 2.59. The molecule has 116 valence electrons. The minimum absolute atomic E-state index is 0.0201. The number of Topliss-reactive ketones (excluding diaryl/α,β-unsaturated/α-hetero) is 1. The second-order valence-electron chi connectivity index (χ2n) is 4.56. The number of hydrogen-bond donors (Lipinski definition) is 1. The van der Waals surface area contributed by atoms with Crippen molar-refractivity contribution in [1.82, 2.24) is 9.78 Å². The molecule has 1 aromatic carbocycles. The number of aromatic nitrogens is 2. The molecule has 0 aliphatic carbocycles. The van der Waals surface area contributed by atoms with E-state index < -0.39 is 0 Å². The van der Waals surface area contributed by atoms with Crippen LogP contribution in [-0.2, 0) is 11.3 Å². The lowest BCUT2D eigenvalue weighted by Gasteiger charge is -2.03. The van der Waals surface area contributed by atoms with E-state index in [4.69, 9.17) is 11.6 Å². The van der Waals surface area contributed by atoms with Crippen LogP contribution in [0.1, 0.15) is 17.3 Å². The van der Waals surface area contributed by atoms with E-state index in [-0.39, 0.29) is 23.2 Å². The Kier molecular flexibility index (Phi) is 6.03. The second-order valence-corrected chi connectivity index (χ2v) is 5.98. The summed E-state index contributed by atoms with van der Waals surface area (Å²) in [7, 11) is 0. The molecule has 0 spiro atoms. The zero-order valence-corrected chi connectivity index (χ0v) is 13.7. The van der Waals surface area contributed by atoms with Crippen molar-refractivity contribution in [3.8, 4) is 0 Å². The SMILES string of the molecule is CCn1cc(NC(=O)CSCC(=O)c2ccc(Cl)cc2)cn1. The van der Waals surface area contributed by atoms with Crippen molar-refractivity contribution in [1.29, 1.82) is 0 Å². The highest BCUT2D eigenvalue weighted by Gasteiger charge is 2.09. The van der Waals surface area contributed by atoms with Crippen molar-refractivity contribution in [3.63, 3.8) is 0 Å². The quantitative estimate of drug-likeness (QED) is 0.788. The maximum atomic E-state index is 11.9. The molecule has 0 fully saturated rings. The van der Waals surface area contributed by atoms with Crippen LogP contribution < -0.4 is 5.32 Å². The van der Waals surface area contributed by atoms with E-state index in [2.05, 4.69) is 10.4 Å². The second kappa shape index (κ2) is 8.00. The van der Waals surface area contributed by atoms with Crippen LogP contribution in [0.5, 0.6) is 0 Å². The normalized spacial score (nSPS) is 10.5. The summed E-state index contributed by atoms with van der Waals surface area (Å²) < 4.78 is 1.73. The van der Waals surface area contributed by atoms with Crippen LogP contribution in [0.25, 0.3) is 0 Å². The summed E-state index contributed by atoms with van der Waals surface area (Å²) in [5.74, 6) is 0.303. The average molecular weight is 338 g/mol. The number of amides is 1. The van der Waals surface area contributed by atoms with Gasteiger partial charge in [0.2, 0.25) is 5.91 Å². The third-order valence-electron chi connectivity index (χ3n) is 2.87. The molecule has 0 atom stereocenters. The molecule has 0 aliphatic rings. The number of halogens is 1. The molecule has 7 heteroatoms. The predicted molar refractivity (Wildman–Crippen MR) is 89.6 cm³/mol. The van der Waals surface area contributed by atoms with Gasteiger partial charge in [0, 0.05) is 23.3 Å². The molecule has 0 saturated heterocycles. The van der Waals surface area contributed by atoms with Crippen molar-refractivity contribution < 1.29 is 9.59 Å². The summed E-state index contributed by atoms with van der Waals surface area (Å²) >= 11 is 7.05. The lowest BCUT2D eigenvalue weighted by Crippen LogP contribution is -2.15. The van der Waals surface area contributed by atoms with Gasteiger partial charge in [-0.15, -0.1) is 11.8 Å². The molecule has 0 unspecified atom stereocenters. The Morgan fingerprint density at radius 2 is 2.00 bits per heavy atom. The first kappa shape index (κ1) is 16.6. The Bertz CT molecular complexity index is 655. The molecule has 22 heavy (non-hydrogen) atoms. The number of anilines is 1. The Hall–Kier alpha value is -1.79. The van der Waals surface area contributed by atoms with Gasteiger partial charge in [-0.1, -0.05) is 11.6 Å². The summed E-state index contributed by atoms with van der Waals surface area (Å²) in [6.45, 7) is 2.72. The van der Waals surface area contributed by atoms with Gasteiger partial charge in [-0.3, -0.25) is 14.3 Å². The molecule has 1 aromatic heterocycles. The van der Waals surface area contributed by atoms with Crippen LogP contribution in [0.4, 0.5) is 5.69 Å². The van der Waals surface area contributed by atoms with Gasteiger partial charge in [-0.2, -0.15) is 5.10 Å². The summed E-state index contributed by atoms with van der Waals surface area (Å²) in [6, 6.07) is 6.73. The summed E-state index contributed by atoms with van der Waals surface area (Å²) in [6.07, 6.45) is 3.37. The van der Waals surface area contributed by atoms with Crippen LogP contribution in [0.15, 0.2) is 36.7 Å². The number of benzene rings is 1. The molecule has 0 saturated carbocycles. The van der Waals surface area contributed by atoms with Crippen LogP contribution in [0.2, 0.25) is 5.02 Å². The first-order chi connectivity index (χ1) is 10.6. The van der Waals surface area contributed by atoms with Crippen molar-refractivity contribution in [2.75, 3.05) is 16.8 Å². The average Bonchev–Trinajstić information content (AvgIpc) is 2.95. The number of aryl methyl sites for hydroxylation is 1. The molecule has 1 heterocycles. The van der Waals surface area contributed by atoms with Gasteiger partial charge < -0.3 is 5.32 Å². The van der Waals surface area contributed by atoms with Gasteiger partial charge in [0.25, 0.3) is 0 Å². The van der Waals surface area contributed by atoms with Crippen LogP contribution >= 0.6 is 23.4 Å². The van der Waals surface area contributed by atoms with E-state index >= 15 is 0 Å². The van der Waals surface area contributed by atoms with Crippen molar-refractivity contribution >= 4 is 40.7 Å². The van der Waals surface area contributed by atoms with E-state index in [1.54, 1.807) is 41.3 Å². The summed E-state index contributed by atoms with van der Waals surface area (Å²) in [5, 5.41) is 7.41. The Morgan fingerprint density at radius 3 is 2.64 bits per heavy atom. The van der Waals surface area contributed by atoms with Gasteiger partial charge in [-0.05, 0) is 31.2 Å². The minimum atomic E-state index is -0.149. The van der Waals surface area contributed by atoms with Gasteiger partial charge in [0.15, 0.2) is 5.78 Å². The third kappa shape index (κ3) is 4.89. The number of hydrogen-bond acceptors (Lipinski definition) is 4. The Balaban J connectivity index is 1.74. The van der Waals surface area contributed by atoms with E-state index in [9.17, 15) is 9.59 Å². The number of nitrogens with one attached hydrogen (secondary N) is 1. The van der Waals surface area contributed by atoms with Crippen molar-refractivity contribution in [2.24, 2.45) is 0 Å². The lowest BCUT2D eigenvalue weighted by atomic mass is 10.1.